The fraction of sp³-hybridized carbons (Fsp3) is 0.290. The highest BCUT2D eigenvalue weighted by Gasteiger charge is 2.26. The number of carbonyl (C=O) groups excluding carboxylic acids is 2. The summed E-state index contributed by atoms with van der Waals surface area (Å²) in [7, 11) is 0. The minimum Gasteiger partial charge on any atom is -0.488 e. The Morgan fingerprint density at radius 1 is 0.974 bits per heavy atom. The smallest absolute Gasteiger partial charge is 0.338 e. The summed E-state index contributed by atoms with van der Waals surface area (Å²) in [5.41, 5.74) is 4.93. The maximum atomic E-state index is 14.2. The van der Waals surface area contributed by atoms with Crippen molar-refractivity contribution in [2.45, 2.75) is 45.6 Å². The molecule has 0 bridgehead atoms. The van der Waals surface area contributed by atoms with E-state index in [1.54, 1.807) is 30.0 Å². The molecule has 2 aliphatic rings. The second-order valence-corrected chi connectivity index (χ2v) is 10.0. The van der Waals surface area contributed by atoms with Gasteiger partial charge in [0.15, 0.2) is 0 Å². The Labute approximate surface area is 231 Å². The lowest BCUT2D eigenvalue weighted by atomic mass is 9.94. The molecule has 1 saturated heterocycles. The van der Waals surface area contributed by atoms with Crippen molar-refractivity contribution >= 4 is 40.3 Å². The molecule has 3 aromatic rings. The van der Waals surface area contributed by atoms with Crippen molar-refractivity contribution in [3.05, 3.63) is 93.5 Å². The van der Waals surface area contributed by atoms with Gasteiger partial charge in [0, 0.05) is 40.9 Å². The van der Waals surface area contributed by atoms with Crippen LogP contribution in [0.3, 0.4) is 0 Å². The van der Waals surface area contributed by atoms with Gasteiger partial charge in [0.05, 0.1) is 12.2 Å². The molecule has 0 saturated carbocycles. The summed E-state index contributed by atoms with van der Waals surface area (Å²) in [6, 6.07) is 14.1. The molecule has 5 rings (SSSR count). The molecule has 0 N–H and O–H groups in total. The minimum absolute atomic E-state index is 0.0288. The van der Waals surface area contributed by atoms with Crippen LogP contribution in [0.15, 0.2) is 54.6 Å². The number of benzene rings is 3. The number of rotatable bonds is 8. The van der Waals surface area contributed by atoms with Crippen molar-refractivity contribution in [1.82, 2.24) is 0 Å². The molecule has 0 radical (unpaired) electrons. The standard InChI is InChI=1S/C31H28ClF2NO4/c1-2-38-31(37)21-13-20(14-24(15-21)35-12-4-7-30(35)36)25-5-3-6-26(25)27-16-22(32)9-11-29(27)39-18-19-8-10-23(33)17-28(19)34/h8-11,13-17H,2-7,12,18H2,1H3. The summed E-state index contributed by atoms with van der Waals surface area (Å²) in [6.07, 6.45) is 3.63. The first-order valence-electron chi connectivity index (χ1n) is 13.1. The van der Waals surface area contributed by atoms with E-state index < -0.39 is 17.6 Å². The van der Waals surface area contributed by atoms with Crippen LogP contribution in [-0.2, 0) is 16.1 Å². The Balaban J connectivity index is 1.56. The molecule has 5 nitrogen and oxygen atoms in total. The van der Waals surface area contributed by atoms with E-state index in [4.69, 9.17) is 21.1 Å². The highest BCUT2D eigenvalue weighted by Crippen LogP contribution is 2.44. The number of amides is 1. The molecular weight excluding hydrogens is 524 g/mol. The van der Waals surface area contributed by atoms with Crippen molar-refractivity contribution in [2.75, 3.05) is 18.1 Å². The topological polar surface area (TPSA) is 55.8 Å². The number of nitrogens with zero attached hydrogens (tertiary/aromatic N) is 1. The number of allylic oxidation sites excluding steroid dienone is 2. The van der Waals surface area contributed by atoms with E-state index in [1.165, 1.54) is 12.1 Å². The number of esters is 1. The van der Waals surface area contributed by atoms with Crippen molar-refractivity contribution in [2.24, 2.45) is 0 Å². The Morgan fingerprint density at radius 2 is 1.79 bits per heavy atom. The Morgan fingerprint density at radius 3 is 2.54 bits per heavy atom. The van der Waals surface area contributed by atoms with Crippen molar-refractivity contribution in [3.63, 3.8) is 0 Å². The molecule has 1 aliphatic carbocycles. The highest BCUT2D eigenvalue weighted by molar-refractivity contribution is 6.30. The second kappa shape index (κ2) is 11.6. The second-order valence-electron chi connectivity index (χ2n) is 9.61. The summed E-state index contributed by atoms with van der Waals surface area (Å²) in [4.78, 5) is 27.0. The van der Waals surface area contributed by atoms with Crippen LogP contribution in [0.1, 0.15) is 66.1 Å². The third-order valence-corrected chi connectivity index (χ3v) is 7.28. The van der Waals surface area contributed by atoms with Crippen LogP contribution in [0.4, 0.5) is 14.5 Å². The quantitative estimate of drug-likeness (QED) is 0.271. The van der Waals surface area contributed by atoms with Gasteiger partial charge in [0.25, 0.3) is 0 Å². The highest BCUT2D eigenvalue weighted by atomic mass is 35.5. The molecule has 202 valence electrons. The normalized spacial score (nSPS) is 15.3. The number of ether oxygens (including phenoxy) is 2. The van der Waals surface area contributed by atoms with E-state index in [2.05, 4.69) is 0 Å². The van der Waals surface area contributed by atoms with E-state index in [0.29, 0.717) is 35.0 Å². The number of hydrogen-bond acceptors (Lipinski definition) is 4. The molecule has 8 heteroatoms. The first-order valence-corrected chi connectivity index (χ1v) is 13.4. The van der Waals surface area contributed by atoms with Gasteiger partial charge >= 0.3 is 5.97 Å². The van der Waals surface area contributed by atoms with Crippen molar-refractivity contribution < 1.29 is 27.8 Å². The molecule has 1 fully saturated rings. The monoisotopic (exact) mass is 551 g/mol. The van der Waals surface area contributed by atoms with Crippen molar-refractivity contribution in [1.29, 1.82) is 0 Å². The van der Waals surface area contributed by atoms with Gasteiger partial charge in [-0.3, -0.25) is 4.79 Å². The lowest BCUT2D eigenvalue weighted by Crippen LogP contribution is -2.24. The van der Waals surface area contributed by atoms with E-state index >= 15 is 0 Å². The summed E-state index contributed by atoms with van der Waals surface area (Å²) >= 11 is 6.39. The number of anilines is 1. The number of hydrogen-bond donors (Lipinski definition) is 0. The van der Waals surface area contributed by atoms with Crippen LogP contribution in [0.2, 0.25) is 5.02 Å². The molecular formula is C31H28ClF2NO4. The maximum Gasteiger partial charge on any atom is 0.338 e. The third-order valence-electron chi connectivity index (χ3n) is 7.05. The molecule has 0 atom stereocenters. The van der Waals surface area contributed by atoms with Gasteiger partial charge in [-0.2, -0.15) is 0 Å². The molecule has 1 aliphatic heterocycles. The first-order chi connectivity index (χ1) is 18.8. The lowest BCUT2D eigenvalue weighted by Gasteiger charge is -2.20. The Bertz CT molecular complexity index is 1470. The predicted octanol–water partition coefficient (Wildman–Crippen LogP) is 7.60. The van der Waals surface area contributed by atoms with Gasteiger partial charge in [-0.1, -0.05) is 11.6 Å². The fourth-order valence-electron chi connectivity index (χ4n) is 5.21. The third kappa shape index (κ3) is 5.83. The molecule has 3 aromatic carbocycles. The van der Waals surface area contributed by atoms with Gasteiger partial charge in [-0.05, 0) is 97.8 Å². The van der Waals surface area contributed by atoms with E-state index in [0.717, 1.165) is 54.0 Å². The molecule has 0 aromatic heterocycles. The molecule has 1 heterocycles. The van der Waals surface area contributed by atoms with Crippen LogP contribution < -0.4 is 9.64 Å². The average molecular weight is 552 g/mol. The van der Waals surface area contributed by atoms with Gasteiger partial charge in [0.1, 0.15) is 24.0 Å². The van der Waals surface area contributed by atoms with Gasteiger partial charge in [-0.25, -0.2) is 13.6 Å². The Hall–Kier alpha value is -3.71. The molecule has 0 spiro atoms. The number of carbonyl (C=O) groups is 2. The molecule has 0 unspecified atom stereocenters. The zero-order valence-corrected chi connectivity index (χ0v) is 22.3. The minimum atomic E-state index is -0.675. The zero-order chi connectivity index (χ0) is 27.5. The summed E-state index contributed by atoms with van der Waals surface area (Å²) in [5.74, 6) is -1.22. The molecule has 1 amide bonds. The summed E-state index contributed by atoms with van der Waals surface area (Å²) in [5, 5.41) is 0.521. The molecule has 39 heavy (non-hydrogen) atoms. The van der Waals surface area contributed by atoms with Crippen molar-refractivity contribution in [3.8, 4) is 5.75 Å². The maximum absolute atomic E-state index is 14.2. The first kappa shape index (κ1) is 26.9. The van der Waals surface area contributed by atoms with Crippen LogP contribution in [0.25, 0.3) is 11.1 Å². The summed E-state index contributed by atoms with van der Waals surface area (Å²) in [6.45, 7) is 2.52. The summed E-state index contributed by atoms with van der Waals surface area (Å²) < 4.78 is 38.9. The largest absolute Gasteiger partial charge is 0.488 e. The fourth-order valence-corrected chi connectivity index (χ4v) is 5.38. The van der Waals surface area contributed by atoms with Crippen LogP contribution in [0.5, 0.6) is 5.75 Å². The zero-order valence-electron chi connectivity index (χ0n) is 21.6. The van der Waals surface area contributed by atoms with E-state index in [1.807, 2.05) is 18.2 Å². The lowest BCUT2D eigenvalue weighted by molar-refractivity contribution is -0.117. The van der Waals surface area contributed by atoms with Gasteiger partial charge in [0.2, 0.25) is 5.91 Å². The van der Waals surface area contributed by atoms with E-state index in [9.17, 15) is 18.4 Å². The van der Waals surface area contributed by atoms with E-state index in [-0.39, 0.29) is 24.7 Å². The van der Waals surface area contributed by atoms with Crippen LogP contribution in [0, 0.1) is 11.6 Å². The predicted molar refractivity (Wildman–Crippen MR) is 147 cm³/mol. The average Bonchev–Trinajstić information content (AvgIpc) is 3.58. The van der Waals surface area contributed by atoms with Gasteiger partial charge < -0.3 is 14.4 Å². The Kier molecular flexibility index (Phi) is 7.98. The number of halogens is 3. The van der Waals surface area contributed by atoms with Crippen LogP contribution in [-0.4, -0.2) is 25.0 Å². The van der Waals surface area contributed by atoms with Crippen LogP contribution >= 0.6 is 11.6 Å². The van der Waals surface area contributed by atoms with Gasteiger partial charge in [-0.15, -0.1) is 0 Å². The SMILES string of the molecule is CCOC(=O)c1cc(C2=C(c3cc(Cl)ccc3OCc3ccc(F)cc3F)CCC2)cc(N2CCCC2=O)c1.